The lowest BCUT2D eigenvalue weighted by Crippen LogP contribution is -2.04. The molecule has 0 spiro atoms. The highest BCUT2D eigenvalue weighted by molar-refractivity contribution is 5.82. The minimum absolute atomic E-state index is 0.429. The summed E-state index contributed by atoms with van der Waals surface area (Å²) in [5.74, 6) is 1.01. The largest absolute Gasteiger partial charge is 0.493 e. The molecule has 0 aliphatic heterocycles. The van der Waals surface area contributed by atoms with E-state index in [1.165, 1.54) is 31.4 Å². The number of benzene rings is 1. The van der Waals surface area contributed by atoms with Gasteiger partial charge in [-0.1, -0.05) is 0 Å². The van der Waals surface area contributed by atoms with Gasteiger partial charge in [0.05, 0.1) is 26.6 Å². The zero-order valence-electron chi connectivity index (χ0n) is 9.45. The molecule has 0 atom stereocenters. The Kier molecular flexibility index (Phi) is 3.04. The fourth-order valence-electron chi connectivity index (χ4n) is 1.49. The number of aromatic nitrogens is 3. The van der Waals surface area contributed by atoms with E-state index in [9.17, 15) is 4.79 Å². The van der Waals surface area contributed by atoms with Gasteiger partial charge < -0.3 is 9.47 Å². The molecule has 1 heterocycles. The van der Waals surface area contributed by atoms with Gasteiger partial charge in [0.25, 0.3) is 0 Å². The first kappa shape index (κ1) is 11.1. The van der Waals surface area contributed by atoms with Gasteiger partial charge in [0.2, 0.25) is 0 Å². The predicted octanol–water partition coefficient (Wildman–Crippen LogP) is 1.10. The summed E-state index contributed by atoms with van der Waals surface area (Å²) in [4.78, 5) is 12.4. The predicted molar refractivity (Wildman–Crippen MR) is 59.9 cm³/mol. The zero-order chi connectivity index (χ0) is 12.3. The van der Waals surface area contributed by atoms with Crippen molar-refractivity contribution in [3.05, 3.63) is 30.1 Å². The molecule has 0 unspecified atom stereocenters. The molecule has 0 saturated carbocycles. The molecule has 1 aromatic carbocycles. The van der Waals surface area contributed by atoms with Gasteiger partial charge in [-0.3, -0.25) is 4.79 Å². The number of methoxy groups -OCH3 is 2. The molecular weight excluding hydrogens is 222 g/mol. The smallest absolute Gasteiger partial charge is 0.162 e. The van der Waals surface area contributed by atoms with E-state index in [1.54, 1.807) is 12.1 Å². The average molecular weight is 233 g/mol. The normalized spacial score (nSPS) is 10.0. The van der Waals surface area contributed by atoms with Gasteiger partial charge in [0.1, 0.15) is 5.69 Å². The van der Waals surface area contributed by atoms with E-state index in [-0.39, 0.29) is 0 Å². The van der Waals surface area contributed by atoms with Gasteiger partial charge in [-0.15, -0.1) is 0 Å². The van der Waals surface area contributed by atoms with Crippen molar-refractivity contribution >= 4 is 6.29 Å². The summed E-state index contributed by atoms with van der Waals surface area (Å²) in [5, 5.41) is 7.95. The second-order valence-corrected chi connectivity index (χ2v) is 3.20. The molecule has 0 fully saturated rings. The Morgan fingerprint density at radius 1 is 1.12 bits per heavy atom. The number of aldehydes is 1. The highest BCUT2D eigenvalue weighted by atomic mass is 16.5. The third kappa shape index (κ3) is 1.96. The molecule has 2 aromatic rings. The molecule has 88 valence electrons. The molecule has 17 heavy (non-hydrogen) atoms. The quantitative estimate of drug-likeness (QED) is 0.740. The molecule has 1 aromatic heterocycles. The third-order valence-electron chi connectivity index (χ3n) is 2.29. The van der Waals surface area contributed by atoms with Gasteiger partial charge in [-0.05, 0) is 6.07 Å². The van der Waals surface area contributed by atoms with E-state index >= 15 is 0 Å². The Balaban J connectivity index is 2.62. The van der Waals surface area contributed by atoms with Crippen LogP contribution in [0.15, 0.2) is 24.5 Å². The van der Waals surface area contributed by atoms with Crippen LogP contribution in [0.25, 0.3) is 5.69 Å². The van der Waals surface area contributed by atoms with E-state index in [0.717, 1.165) is 6.29 Å². The minimum Gasteiger partial charge on any atom is -0.493 e. The molecule has 0 saturated heterocycles. The fraction of sp³-hybridized carbons (Fsp3) is 0.182. The Labute approximate surface area is 97.8 Å². The van der Waals surface area contributed by atoms with Gasteiger partial charge >= 0.3 is 0 Å². The second-order valence-electron chi connectivity index (χ2n) is 3.20. The highest BCUT2D eigenvalue weighted by Gasteiger charge is 2.12. The van der Waals surface area contributed by atoms with Crippen molar-refractivity contribution in [2.24, 2.45) is 0 Å². The lowest BCUT2D eigenvalue weighted by Gasteiger charge is -2.11. The van der Waals surface area contributed by atoms with Crippen LogP contribution in [0, 0.1) is 0 Å². The molecule has 0 N–H and O–H groups in total. The van der Waals surface area contributed by atoms with Crippen LogP contribution in [0.5, 0.6) is 11.5 Å². The van der Waals surface area contributed by atoms with Crippen LogP contribution in [0.1, 0.15) is 10.4 Å². The zero-order valence-corrected chi connectivity index (χ0v) is 9.45. The summed E-state index contributed by atoms with van der Waals surface area (Å²) in [6.45, 7) is 0. The number of rotatable bonds is 4. The van der Waals surface area contributed by atoms with Crippen LogP contribution in [0.4, 0.5) is 0 Å². The van der Waals surface area contributed by atoms with Crippen LogP contribution in [-0.4, -0.2) is 35.5 Å². The van der Waals surface area contributed by atoms with Gasteiger partial charge in [0.15, 0.2) is 17.8 Å². The van der Waals surface area contributed by atoms with Crippen LogP contribution in [-0.2, 0) is 0 Å². The lowest BCUT2D eigenvalue weighted by molar-refractivity contribution is 0.112. The van der Waals surface area contributed by atoms with E-state index in [1.807, 2.05) is 0 Å². The average Bonchev–Trinajstić information content (AvgIpc) is 2.90. The van der Waals surface area contributed by atoms with E-state index in [2.05, 4.69) is 10.2 Å². The minimum atomic E-state index is 0.429. The summed E-state index contributed by atoms with van der Waals surface area (Å²) in [7, 11) is 3.04. The van der Waals surface area contributed by atoms with E-state index < -0.39 is 0 Å². The number of hydrogen-bond donors (Lipinski definition) is 0. The summed E-state index contributed by atoms with van der Waals surface area (Å²) in [6.07, 6.45) is 3.79. The topological polar surface area (TPSA) is 66.2 Å². The SMILES string of the molecule is COc1cc(C=O)c(-n2nccn2)cc1OC. The van der Waals surface area contributed by atoms with E-state index in [4.69, 9.17) is 9.47 Å². The fourth-order valence-corrected chi connectivity index (χ4v) is 1.49. The van der Waals surface area contributed by atoms with Crippen molar-refractivity contribution in [2.75, 3.05) is 14.2 Å². The van der Waals surface area contributed by atoms with Crippen molar-refractivity contribution in [1.82, 2.24) is 15.0 Å². The highest BCUT2D eigenvalue weighted by Crippen LogP contribution is 2.31. The number of carbonyl (C=O) groups excluding carboxylic acids is 1. The van der Waals surface area contributed by atoms with Crippen molar-refractivity contribution in [3.63, 3.8) is 0 Å². The monoisotopic (exact) mass is 233 g/mol. The molecule has 0 amide bonds. The molecule has 6 nitrogen and oxygen atoms in total. The first-order chi connectivity index (χ1) is 8.30. The maximum absolute atomic E-state index is 11.0. The number of ether oxygens (including phenoxy) is 2. The first-order valence-corrected chi connectivity index (χ1v) is 4.88. The first-order valence-electron chi connectivity index (χ1n) is 4.88. The molecular formula is C11H11N3O3. The number of carbonyl (C=O) groups is 1. The molecule has 0 radical (unpaired) electrons. The van der Waals surface area contributed by atoms with Crippen LogP contribution < -0.4 is 9.47 Å². The van der Waals surface area contributed by atoms with E-state index in [0.29, 0.717) is 22.7 Å². The molecule has 0 bridgehead atoms. The van der Waals surface area contributed by atoms with Gasteiger partial charge in [-0.25, -0.2) is 0 Å². The van der Waals surface area contributed by atoms with Crippen molar-refractivity contribution in [3.8, 4) is 17.2 Å². The summed E-state index contributed by atoms with van der Waals surface area (Å²) in [6, 6.07) is 3.24. The second kappa shape index (κ2) is 4.65. The van der Waals surface area contributed by atoms with Crippen molar-refractivity contribution < 1.29 is 14.3 Å². The van der Waals surface area contributed by atoms with Crippen molar-refractivity contribution in [2.45, 2.75) is 0 Å². The van der Waals surface area contributed by atoms with Crippen LogP contribution >= 0.6 is 0 Å². The Morgan fingerprint density at radius 3 is 2.24 bits per heavy atom. The van der Waals surface area contributed by atoms with Crippen LogP contribution in [0.2, 0.25) is 0 Å². The summed E-state index contributed by atoms with van der Waals surface area (Å²) >= 11 is 0. The Morgan fingerprint density at radius 2 is 1.71 bits per heavy atom. The lowest BCUT2D eigenvalue weighted by atomic mass is 10.1. The molecule has 0 aliphatic carbocycles. The maximum Gasteiger partial charge on any atom is 0.162 e. The molecule has 6 heteroatoms. The summed E-state index contributed by atoms with van der Waals surface area (Å²) in [5.41, 5.74) is 0.974. The number of nitrogens with zero attached hydrogens (tertiary/aromatic N) is 3. The van der Waals surface area contributed by atoms with Gasteiger partial charge in [0, 0.05) is 11.6 Å². The third-order valence-corrected chi connectivity index (χ3v) is 2.29. The van der Waals surface area contributed by atoms with Crippen LogP contribution in [0.3, 0.4) is 0 Å². The Bertz CT molecular complexity index is 523. The van der Waals surface area contributed by atoms with Gasteiger partial charge in [-0.2, -0.15) is 15.0 Å². The molecule has 2 rings (SSSR count). The molecule has 0 aliphatic rings. The summed E-state index contributed by atoms with van der Waals surface area (Å²) < 4.78 is 10.3. The standard InChI is InChI=1S/C11H11N3O3/c1-16-10-5-8(7-15)9(6-11(10)17-2)14-12-3-4-13-14/h3-7H,1-2H3. The Hall–Kier alpha value is -2.37. The number of hydrogen-bond acceptors (Lipinski definition) is 5. The van der Waals surface area contributed by atoms with Crippen molar-refractivity contribution in [1.29, 1.82) is 0 Å². The maximum atomic E-state index is 11.0.